The highest BCUT2D eigenvalue weighted by molar-refractivity contribution is 5.40. The maximum absolute atomic E-state index is 10.2. The average molecular weight is 141 g/mol. The van der Waals surface area contributed by atoms with Gasteiger partial charge in [-0.25, -0.2) is 4.57 Å². The molecule has 0 radical (unpaired) electrons. The Kier molecular flexibility index (Phi) is 1.33. The fourth-order valence-electron chi connectivity index (χ4n) is 0.699. The summed E-state index contributed by atoms with van der Waals surface area (Å²) < 4.78 is 1.32. The fraction of sp³-hybridized carbons (Fsp3) is 0.200. The minimum Gasteiger partial charge on any atom is -0.366 e. The quantitative estimate of drug-likeness (QED) is 0.457. The molecule has 0 amide bonds. The van der Waals surface area contributed by atoms with Gasteiger partial charge in [-0.1, -0.05) is 0 Å². The van der Waals surface area contributed by atoms with E-state index >= 15 is 0 Å². The molecule has 0 aliphatic rings. The number of nitrogen functional groups attached to an aromatic ring is 1. The first-order valence-electron chi connectivity index (χ1n) is 2.68. The van der Waals surface area contributed by atoms with E-state index in [1.54, 1.807) is 7.05 Å². The first-order valence-corrected chi connectivity index (χ1v) is 2.68. The van der Waals surface area contributed by atoms with Crippen molar-refractivity contribution < 1.29 is 4.92 Å². The first-order chi connectivity index (χ1) is 4.63. The van der Waals surface area contributed by atoms with Crippen LogP contribution in [-0.4, -0.2) is 9.49 Å². The summed E-state index contributed by atoms with van der Waals surface area (Å²) in [5, 5.41) is 10.2. The zero-order valence-corrected chi connectivity index (χ0v) is 5.44. The number of aromatic nitrogens is 1. The highest BCUT2D eigenvalue weighted by atomic mass is 16.6. The van der Waals surface area contributed by atoms with Crippen molar-refractivity contribution in [1.29, 1.82) is 0 Å². The summed E-state index contributed by atoms with van der Waals surface area (Å²) in [4.78, 5) is 9.69. The van der Waals surface area contributed by atoms with Crippen molar-refractivity contribution in [2.75, 3.05) is 5.73 Å². The molecule has 0 saturated heterocycles. The molecule has 0 aromatic carbocycles. The summed E-state index contributed by atoms with van der Waals surface area (Å²) in [6.07, 6.45) is 0. The second-order valence-corrected chi connectivity index (χ2v) is 1.93. The predicted octanol–water partition coefficient (Wildman–Crippen LogP) is 0.516. The van der Waals surface area contributed by atoms with Gasteiger partial charge in [0.25, 0.3) is 0 Å². The maximum Gasteiger partial charge on any atom is 0.324 e. The molecule has 0 aliphatic carbocycles. The molecule has 1 aromatic heterocycles. The van der Waals surface area contributed by atoms with E-state index in [2.05, 4.69) is 0 Å². The summed E-state index contributed by atoms with van der Waals surface area (Å²) >= 11 is 0. The molecule has 0 saturated carbocycles. The molecule has 0 aliphatic heterocycles. The Labute approximate surface area is 57.2 Å². The van der Waals surface area contributed by atoms with Crippen LogP contribution in [0.1, 0.15) is 0 Å². The van der Waals surface area contributed by atoms with Gasteiger partial charge in [0, 0.05) is 12.1 Å². The van der Waals surface area contributed by atoms with Crippen molar-refractivity contribution in [3.05, 3.63) is 22.2 Å². The smallest absolute Gasteiger partial charge is 0.324 e. The summed E-state index contributed by atoms with van der Waals surface area (Å²) in [5.41, 5.74) is 5.34. The van der Waals surface area contributed by atoms with Gasteiger partial charge < -0.3 is 15.8 Å². The lowest BCUT2D eigenvalue weighted by Crippen LogP contribution is -2.00. The minimum atomic E-state index is -0.476. The number of anilines is 1. The van der Waals surface area contributed by atoms with Crippen LogP contribution in [0.25, 0.3) is 0 Å². The average Bonchev–Trinajstić information content (AvgIpc) is 2.14. The lowest BCUT2D eigenvalue weighted by molar-refractivity contribution is -0.391. The van der Waals surface area contributed by atoms with Gasteiger partial charge in [0.1, 0.15) is 0 Å². The van der Waals surface area contributed by atoms with Crippen LogP contribution in [0, 0.1) is 10.1 Å². The van der Waals surface area contributed by atoms with E-state index < -0.39 is 4.92 Å². The van der Waals surface area contributed by atoms with Gasteiger partial charge in [0.05, 0.1) is 7.05 Å². The van der Waals surface area contributed by atoms with Crippen molar-refractivity contribution in [3.63, 3.8) is 0 Å². The van der Waals surface area contributed by atoms with Gasteiger partial charge in [-0.05, 0) is 4.92 Å². The summed E-state index contributed by atoms with van der Waals surface area (Å²) in [5.74, 6) is 0.407. The van der Waals surface area contributed by atoms with Gasteiger partial charge in [-0.2, -0.15) is 0 Å². The van der Waals surface area contributed by atoms with Crippen molar-refractivity contribution in [3.8, 4) is 0 Å². The molecule has 1 heterocycles. The van der Waals surface area contributed by atoms with E-state index in [0.717, 1.165) is 0 Å². The Morgan fingerprint density at radius 2 is 2.30 bits per heavy atom. The molecule has 10 heavy (non-hydrogen) atoms. The molecule has 0 bridgehead atoms. The third kappa shape index (κ3) is 0.812. The highest BCUT2D eigenvalue weighted by Crippen LogP contribution is 2.15. The fourth-order valence-corrected chi connectivity index (χ4v) is 0.699. The van der Waals surface area contributed by atoms with Crippen LogP contribution >= 0.6 is 0 Å². The van der Waals surface area contributed by atoms with E-state index in [0.29, 0.717) is 5.82 Å². The van der Waals surface area contributed by atoms with Gasteiger partial charge >= 0.3 is 5.82 Å². The first kappa shape index (κ1) is 6.60. The maximum atomic E-state index is 10.2. The highest BCUT2D eigenvalue weighted by Gasteiger charge is 2.10. The SMILES string of the molecule is Cn1c(N)ccc1[N+](=O)[O-]. The van der Waals surface area contributed by atoms with Crippen LogP contribution in [-0.2, 0) is 7.05 Å². The zero-order chi connectivity index (χ0) is 7.72. The van der Waals surface area contributed by atoms with Crippen molar-refractivity contribution in [1.82, 2.24) is 4.57 Å². The van der Waals surface area contributed by atoms with Crippen molar-refractivity contribution in [2.24, 2.45) is 7.05 Å². The lowest BCUT2D eigenvalue weighted by Gasteiger charge is -1.93. The Hall–Kier alpha value is -1.52. The van der Waals surface area contributed by atoms with E-state index in [-0.39, 0.29) is 5.82 Å². The zero-order valence-electron chi connectivity index (χ0n) is 5.44. The van der Waals surface area contributed by atoms with Crippen LogP contribution in [0.5, 0.6) is 0 Å². The van der Waals surface area contributed by atoms with Crippen LogP contribution in [0.2, 0.25) is 0 Å². The van der Waals surface area contributed by atoms with Crippen molar-refractivity contribution in [2.45, 2.75) is 0 Å². The minimum absolute atomic E-state index is 0.0116. The Morgan fingerprint density at radius 3 is 2.50 bits per heavy atom. The monoisotopic (exact) mass is 141 g/mol. The summed E-state index contributed by atoms with van der Waals surface area (Å²) in [6.45, 7) is 0. The van der Waals surface area contributed by atoms with Crippen molar-refractivity contribution >= 4 is 11.6 Å². The third-order valence-electron chi connectivity index (χ3n) is 1.32. The molecule has 54 valence electrons. The molecule has 0 fully saturated rings. The van der Waals surface area contributed by atoms with Crippen LogP contribution in [0.15, 0.2) is 12.1 Å². The molecule has 1 rings (SSSR count). The molecule has 5 nitrogen and oxygen atoms in total. The molecule has 0 atom stereocenters. The Bertz CT molecular complexity index is 266. The van der Waals surface area contributed by atoms with Crippen LogP contribution in [0.3, 0.4) is 0 Å². The molecule has 0 spiro atoms. The van der Waals surface area contributed by atoms with E-state index in [1.807, 2.05) is 0 Å². The number of rotatable bonds is 1. The number of nitrogens with zero attached hydrogens (tertiary/aromatic N) is 2. The van der Waals surface area contributed by atoms with Gasteiger partial charge in [-0.3, -0.25) is 0 Å². The third-order valence-corrected chi connectivity index (χ3v) is 1.32. The molecular weight excluding hydrogens is 134 g/mol. The van der Waals surface area contributed by atoms with Crippen LogP contribution in [0.4, 0.5) is 11.6 Å². The number of hydrogen-bond acceptors (Lipinski definition) is 3. The Balaban J connectivity index is 3.17. The van der Waals surface area contributed by atoms with Gasteiger partial charge in [-0.15, -0.1) is 0 Å². The summed E-state index contributed by atoms with van der Waals surface area (Å²) in [6, 6.07) is 2.87. The normalized spacial score (nSPS) is 9.70. The molecular formula is C5H7N3O2. The van der Waals surface area contributed by atoms with E-state index in [1.165, 1.54) is 16.7 Å². The number of nitrogens with two attached hydrogens (primary N) is 1. The second-order valence-electron chi connectivity index (χ2n) is 1.93. The number of hydrogen-bond donors (Lipinski definition) is 1. The largest absolute Gasteiger partial charge is 0.366 e. The molecule has 1 aromatic rings. The predicted molar refractivity (Wildman–Crippen MR) is 36.5 cm³/mol. The molecule has 0 unspecified atom stereocenters. The molecule has 2 N–H and O–H groups in total. The van der Waals surface area contributed by atoms with Crippen LogP contribution < -0.4 is 5.73 Å². The van der Waals surface area contributed by atoms with Gasteiger partial charge in [0.2, 0.25) is 0 Å². The Morgan fingerprint density at radius 1 is 1.70 bits per heavy atom. The second kappa shape index (κ2) is 2.02. The lowest BCUT2D eigenvalue weighted by atomic mass is 10.6. The molecule has 5 heteroatoms. The van der Waals surface area contributed by atoms with Gasteiger partial charge in [0.15, 0.2) is 5.82 Å². The topological polar surface area (TPSA) is 74.1 Å². The standard InChI is InChI=1S/C5H7N3O2/c1-7-4(6)2-3-5(7)8(9)10/h2-3H,6H2,1H3. The summed E-state index contributed by atoms with van der Waals surface area (Å²) in [7, 11) is 1.55. The van der Waals surface area contributed by atoms with E-state index in [9.17, 15) is 10.1 Å². The van der Waals surface area contributed by atoms with E-state index in [4.69, 9.17) is 5.73 Å². The number of nitro groups is 1.